The number of benzene rings is 2. The maximum atomic E-state index is 12.7. The van der Waals surface area contributed by atoms with Gasteiger partial charge in [-0.05, 0) is 25.5 Å². The third-order valence-corrected chi connectivity index (χ3v) is 4.00. The van der Waals surface area contributed by atoms with Crippen LogP contribution >= 0.6 is 0 Å². The summed E-state index contributed by atoms with van der Waals surface area (Å²) in [6.45, 7) is 4.26. The Bertz CT molecular complexity index is 839. The van der Waals surface area contributed by atoms with E-state index in [-0.39, 0.29) is 5.97 Å². The van der Waals surface area contributed by atoms with Gasteiger partial charge in [-0.2, -0.15) is 5.10 Å². The summed E-state index contributed by atoms with van der Waals surface area (Å²) in [5, 5.41) is 4.79. The minimum atomic E-state index is -0.329. The van der Waals surface area contributed by atoms with Crippen molar-refractivity contribution in [2.45, 2.75) is 26.7 Å². The van der Waals surface area contributed by atoms with Crippen molar-refractivity contribution in [3.8, 4) is 16.9 Å². The average molecular weight is 334 g/mol. The molecular formula is C21H22N2O2. The van der Waals surface area contributed by atoms with E-state index >= 15 is 0 Å². The summed E-state index contributed by atoms with van der Waals surface area (Å²) in [6, 6.07) is 19.7. The van der Waals surface area contributed by atoms with E-state index in [9.17, 15) is 4.79 Å². The fourth-order valence-electron chi connectivity index (χ4n) is 2.93. The van der Waals surface area contributed by atoms with Gasteiger partial charge in [0.25, 0.3) is 0 Å². The van der Waals surface area contributed by atoms with Gasteiger partial charge in [0, 0.05) is 11.1 Å². The summed E-state index contributed by atoms with van der Waals surface area (Å²) in [7, 11) is 0. The number of esters is 1. The van der Waals surface area contributed by atoms with E-state index in [2.05, 4.69) is 6.92 Å². The van der Waals surface area contributed by atoms with Crippen molar-refractivity contribution < 1.29 is 9.53 Å². The van der Waals surface area contributed by atoms with Crippen molar-refractivity contribution in [2.24, 2.45) is 0 Å². The number of hydrogen-bond acceptors (Lipinski definition) is 3. The Morgan fingerprint density at radius 2 is 1.64 bits per heavy atom. The van der Waals surface area contributed by atoms with E-state index in [0.717, 1.165) is 35.3 Å². The van der Waals surface area contributed by atoms with Crippen molar-refractivity contribution >= 4 is 5.97 Å². The molecule has 0 spiro atoms. The molecule has 4 nitrogen and oxygen atoms in total. The first-order valence-electron chi connectivity index (χ1n) is 8.66. The molecule has 0 aliphatic carbocycles. The quantitative estimate of drug-likeness (QED) is 0.615. The number of rotatable bonds is 6. The molecule has 1 aromatic heterocycles. The molecule has 0 aliphatic rings. The number of para-hydroxylation sites is 1. The fourth-order valence-corrected chi connectivity index (χ4v) is 2.93. The lowest BCUT2D eigenvalue weighted by molar-refractivity contribution is 0.0514. The average Bonchev–Trinajstić information content (AvgIpc) is 3.03. The van der Waals surface area contributed by atoms with Crippen molar-refractivity contribution in [1.29, 1.82) is 0 Å². The van der Waals surface area contributed by atoms with Gasteiger partial charge in [-0.25, -0.2) is 9.48 Å². The summed E-state index contributed by atoms with van der Waals surface area (Å²) >= 11 is 0. The molecule has 3 rings (SSSR count). The van der Waals surface area contributed by atoms with Crippen molar-refractivity contribution in [2.75, 3.05) is 6.61 Å². The Morgan fingerprint density at radius 3 is 2.24 bits per heavy atom. The molecule has 0 saturated carbocycles. The van der Waals surface area contributed by atoms with Crippen LogP contribution in [0.5, 0.6) is 0 Å². The van der Waals surface area contributed by atoms with Crippen LogP contribution in [0.3, 0.4) is 0 Å². The highest BCUT2D eigenvalue weighted by atomic mass is 16.5. The Balaban J connectivity index is 2.25. The lowest BCUT2D eigenvalue weighted by Crippen LogP contribution is -2.14. The third-order valence-electron chi connectivity index (χ3n) is 4.00. The zero-order valence-corrected chi connectivity index (χ0v) is 14.6. The van der Waals surface area contributed by atoms with Gasteiger partial charge in [-0.15, -0.1) is 0 Å². The number of aromatic nitrogens is 2. The van der Waals surface area contributed by atoms with Gasteiger partial charge >= 0.3 is 5.97 Å². The second kappa shape index (κ2) is 7.79. The van der Waals surface area contributed by atoms with Crippen LogP contribution in [0.2, 0.25) is 0 Å². The molecule has 0 N–H and O–H groups in total. The van der Waals surface area contributed by atoms with Gasteiger partial charge < -0.3 is 4.74 Å². The Morgan fingerprint density at radius 1 is 1.00 bits per heavy atom. The second-order valence-electron chi connectivity index (χ2n) is 5.76. The summed E-state index contributed by atoms with van der Waals surface area (Å²) in [5.41, 5.74) is 4.16. The molecule has 4 heteroatoms. The monoisotopic (exact) mass is 334 g/mol. The summed E-state index contributed by atoms with van der Waals surface area (Å²) in [5.74, 6) is -0.329. The minimum Gasteiger partial charge on any atom is -0.461 e. The maximum Gasteiger partial charge on any atom is 0.357 e. The van der Waals surface area contributed by atoms with Crippen LogP contribution in [0.1, 0.15) is 36.3 Å². The fraction of sp³-hybridized carbons (Fsp3) is 0.238. The number of ether oxygens (including phenoxy) is 1. The lowest BCUT2D eigenvalue weighted by Gasteiger charge is -2.08. The molecule has 25 heavy (non-hydrogen) atoms. The van der Waals surface area contributed by atoms with Gasteiger partial charge in [-0.1, -0.05) is 61.9 Å². The van der Waals surface area contributed by atoms with Crippen LogP contribution in [-0.2, 0) is 11.2 Å². The third kappa shape index (κ3) is 3.48. The van der Waals surface area contributed by atoms with E-state index in [0.29, 0.717) is 12.3 Å². The summed E-state index contributed by atoms with van der Waals surface area (Å²) in [4.78, 5) is 12.7. The largest absolute Gasteiger partial charge is 0.461 e. The Kier molecular flexibility index (Phi) is 5.29. The molecule has 0 fully saturated rings. The van der Waals surface area contributed by atoms with Crippen LogP contribution in [0.25, 0.3) is 16.9 Å². The highest BCUT2D eigenvalue weighted by molar-refractivity contribution is 5.92. The maximum absolute atomic E-state index is 12.7. The molecule has 2 aromatic carbocycles. The van der Waals surface area contributed by atoms with Crippen LogP contribution in [0.4, 0.5) is 0 Å². The molecule has 0 bridgehead atoms. The zero-order valence-electron chi connectivity index (χ0n) is 14.6. The molecule has 0 saturated heterocycles. The van der Waals surface area contributed by atoms with Gasteiger partial charge in [0.1, 0.15) is 0 Å². The topological polar surface area (TPSA) is 44.1 Å². The predicted octanol–water partition coefficient (Wildman–Crippen LogP) is 4.67. The highest BCUT2D eigenvalue weighted by Gasteiger charge is 2.25. The van der Waals surface area contributed by atoms with Crippen molar-refractivity contribution in [3.63, 3.8) is 0 Å². The van der Waals surface area contributed by atoms with E-state index in [1.54, 1.807) is 4.68 Å². The SMILES string of the molecule is CCCc1c(-c2ccccc2)nn(-c2ccccc2)c1C(=O)OCC. The molecule has 1 heterocycles. The number of nitrogens with zero attached hydrogens (tertiary/aromatic N) is 2. The molecule has 3 aromatic rings. The Labute approximate surface area is 148 Å². The van der Waals surface area contributed by atoms with Crippen LogP contribution in [0, 0.1) is 0 Å². The molecule has 0 amide bonds. The van der Waals surface area contributed by atoms with E-state index in [1.807, 2.05) is 67.6 Å². The van der Waals surface area contributed by atoms with E-state index < -0.39 is 0 Å². The number of carbonyl (C=O) groups excluding carboxylic acids is 1. The van der Waals surface area contributed by atoms with Crippen molar-refractivity contribution in [1.82, 2.24) is 9.78 Å². The molecule has 0 radical (unpaired) electrons. The normalized spacial score (nSPS) is 10.6. The highest BCUT2D eigenvalue weighted by Crippen LogP contribution is 2.29. The van der Waals surface area contributed by atoms with Crippen LogP contribution in [0.15, 0.2) is 60.7 Å². The minimum absolute atomic E-state index is 0.329. The van der Waals surface area contributed by atoms with Gasteiger partial charge in [-0.3, -0.25) is 0 Å². The number of hydrogen-bond donors (Lipinski definition) is 0. The second-order valence-corrected chi connectivity index (χ2v) is 5.76. The molecule has 0 unspecified atom stereocenters. The molecule has 128 valence electrons. The zero-order chi connectivity index (χ0) is 17.6. The summed E-state index contributed by atoms with van der Waals surface area (Å²) < 4.78 is 7.04. The van der Waals surface area contributed by atoms with Crippen LogP contribution < -0.4 is 0 Å². The number of carbonyl (C=O) groups is 1. The summed E-state index contributed by atoms with van der Waals surface area (Å²) in [6.07, 6.45) is 1.69. The predicted molar refractivity (Wildman–Crippen MR) is 99.0 cm³/mol. The molecule has 0 aliphatic heterocycles. The van der Waals surface area contributed by atoms with Crippen LogP contribution in [-0.4, -0.2) is 22.4 Å². The molecular weight excluding hydrogens is 312 g/mol. The van der Waals surface area contributed by atoms with E-state index in [1.165, 1.54) is 0 Å². The lowest BCUT2D eigenvalue weighted by atomic mass is 10.0. The molecule has 0 atom stereocenters. The van der Waals surface area contributed by atoms with Gasteiger partial charge in [0.05, 0.1) is 18.0 Å². The van der Waals surface area contributed by atoms with Gasteiger partial charge in [0.15, 0.2) is 5.69 Å². The first-order chi connectivity index (χ1) is 12.3. The first kappa shape index (κ1) is 17.0. The Hall–Kier alpha value is -2.88. The van der Waals surface area contributed by atoms with E-state index in [4.69, 9.17) is 9.84 Å². The standard InChI is InChI=1S/C21H22N2O2/c1-3-11-18-19(16-12-7-5-8-13-16)22-23(17-14-9-6-10-15-17)20(18)21(24)25-4-2/h5-10,12-15H,3-4,11H2,1-2H3. The first-order valence-corrected chi connectivity index (χ1v) is 8.66. The van der Waals surface area contributed by atoms with Crippen molar-refractivity contribution in [3.05, 3.63) is 71.9 Å². The smallest absolute Gasteiger partial charge is 0.357 e. The van der Waals surface area contributed by atoms with Gasteiger partial charge in [0.2, 0.25) is 0 Å².